The zero-order valence-corrected chi connectivity index (χ0v) is 37.1. The van der Waals surface area contributed by atoms with Gasteiger partial charge in [-0.15, -0.1) is 0 Å². The summed E-state index contributed by atoms with van der Waals surface area (Å²) >= 11 is 0. The normalized spacial score (nSPS) is 13.9. The average Bonchev–Trinajstić information content (AvgIpc) is 3.13. The number of likely N-dealkylation sites (N-methyl/N-ethyl adjacent to an activating group) is 1. The minimum Gasteiger partial charge on any atom is -0.462 e. The van der Waals surface area contributed by atoms with E-state index in [1.165, 1.54) is 77.0 Å². The van der Waals surface area contributed by atoms with Gasteiger partial charge in [-0.2, -0.15) is 0 Å². The predicted molar refractivity (Wildman–Crippen MR) is 229 cm³/mol. The van der Waals surface area contributed by atoms with E-state index in [2.05, 4.69) is 50.3 Å². The summed E-state index contributed by atoms with van der Waals surface area (Å²) in [5.74, 6) is -0.823. The van der Waals surface area contributed by atoms with E-state index in [9.17, 15) is 19.0 Å². The lowest BCUT2D eigenvalue weighted by Gasteiger charge is -2.24. The standard InChI is InChI=1S/C45H84NO8P/c1-6-8-10-12-14-16-18-20-22-24-25-27-29-31-33-35-37-44(47)51-41-43(42-53-55(49,50)52-40-39-46(3,4)5)54-45(48)38-36-34-32-30-28-26-23-21-19-17-15-13-11-9-7-2/h15,17,21-24,43H,6-14,16,18-20,25-42H2,1-5H3/p+1/b17-15-,23-21-,24-22-/t43-/m1/s1. The molecule has 0 bridgehead atoms. The van der Waals surface area contributed by atoms with Crippen molar-refractivity contribution in [2.24, 2.45) is 0 Å². The van der Waals surface area contributed by atoms with Crippen molar-refractivity contribution in [1.29, 1.82) is 0 Å². The zero-order valence-electron chi connectivity index (χ0n) is 36.2. The van der Waals surface area contributed by atoms with Gasteiger partial charge in [0.2, 0.25) is 0 Å². The van der Waals surface area contributed by atoms with Crippen LogP contribution in [-0.2, 0) is 32.7 Å². The highest BCUT2D eigenvalue weighted by atomic mass is 31.2. The Hall–Kier alpha value is -1.77. The summed E-state index contributed by atoms with van der Waals surface area (Å²) in [7, 11) is 1.46. The number of hydrogen-bond acceptors (Lipinski definition) is 7. The number of nitrogens with zero attached hydrogens (tertiary/aromatic N) is 1. The smallest absolute Gasteiger partial charge is 0.462 e. The second kappa shape index (κ2) is 37.8. The molecule has 0 saturated carbocycles. The second-order valence-electron chi connectivity index (χ2n) is 16.1. The number of phosphoric acid groups is 1. The van der Waals surface area contributed by atoms with E-state index in [1.54, 1.807) is 0 Å². The number of hydrogen-bond donors (Lipinski definition) is 1. The van der Waals surface area contributed by atoms with Crippen LogP contribution in [0.15, 0.2) is 36.5 Å². The SMILES string of the molecule is CCCCC/C=C\C/C=C\CCCCCCCC(=O)O[C@H](COC(=O)CCCCCCC/C=C\CCCCCCCCC)COP(=O)(O)OCC[N+](C)(C)C. The molecule has 0 heterocycles. The number of allylic oxidation sites excluding steroid dienone is 6. The van der Waals surface area contributed by atoms with Gasteiger partial charge in [-0.05, 0) is 70.6 Å². The number of quaternary nitrogens is 1. The molecular formula is C45H85NO8P+. The maximum Gasteiger partial charge on any atom is 0.472 e. The van der Waals surface area contributed by atoms with Crippen molar-refractivity contribution < 1.29 is 42.1 Å². The van der Waals surface area contributed by atoms with Crippen LogP contribution in [0.2, 0.25) is 0 Å². The largest absolute Gasteiger partial charge is 0.472 e. The van der Waals surface area contributed by atoms with Crippen LogP contribution in [0.1, 0.15) is 187 Å². The van der Waals surface area contributed by atoms with Gasteiger partial charge in [0.25, 0.3) is 0 Å². The molecule has 0 amide bonds. The van der Waals surface area contributed by atoms with E-state index in [1.807, 2.05) is 21.1 Å². The molecule has 55 heavy (non-hydrogen) atoms. The van der Waals surface area contributed by atoms with E-state index < -0.39 is 26.5 Å². The van der Waals surface area contributed by atoms with Crippen molar-refractivity contribution in [2.75, 3.05) is 47.5 Å². The van der Waals surface area contributed by atoms with E-state index in [-0.39, 0.29) is 32.0 Å². The minimum absolute atomic E-state index is 0.0273. The summed E-state index contributed by atoms with van der Waals surface area (Å²) in [5, 5.41) is 0. The lowest BCUT2D eigenvalue weighted by atomic mass is 10.1. The number of carbonyl (C=O) groups is 2. The van der Waals surface area contributed by atoms with Gasteiger partial charge >= 0.3 is 19.8 Å². The molecule has 2 atom stereocenters. The zero-order chi connectivity index (χ0) is 40.7. The van der Waals surface area contributed by atoms with Gasteiger partial charge in [-0.3, -0.25) is 18.6 Å². The summed E-state index contributed by atoms with van der Waals surface area (Å²) in [5.41, 5.74) is 0. The highest BCUT2D eigenvalue weighted by Gasteiger charge is 2.27. The Bertz CT molecular complexity index is 1040. The molecule has 9 nitrogen and oxygen atoms in total. The van der Waals surface area contributed by atoms with Crippen LogP contribution in [0.4, 0.5) is 0 Å². The average molecular weight is 799 g/mol. The first-order valence-corrected chi connectivity index (χ1v) is 23.7. The number of phosphoric ester groups is 1. The fourth-order valence-corrected chi connectivity index (χ4v) is 6.60. The van der Waals surface area contributed by atoms with Gasteiger partial charge in [0, 0.05) is 12.8 Å². The molecule has 1 unspecified atom stereocenters. The first-order chi connectivity index (χ1) is 26.5. The molecule has 322 valence electrons. The molecule has 0 aromatic rings. The van der Waals surface area contributed by atoms with Crippen molar-refractivity contribution in [1.82, 2.24) is 0 Å². The van der Waals surface area contributed by atoms with Crippen LogP contribution in [0, 0.1) is 0 Å². The molecule has 0 rings (SSSR count). The number of unbranched alkanes of at least 4 members (excludes halogenated alkanes) is 20. The van der Waals surface area contributed by atoms with Gasteiger partial charge in [-0.25, -0.2) is 4.57 Å². The maximum atomic E-state index is 12.7. The topological polar surface area (TPSA) is 108 Å². The molecule has 0 spiro atoms. The number of esters is 2. The Labute approximate surface area is 338 Å². The van der Waals surface area contributed by atoms with Crippen LogP contribution >= 0.6 is 7.82 Å². The molecule has 0 aromatic heterocycles. The van der Waals surface area contributed by atoms with Crippen LogP contribution in [-0.4, -0.2) is 74.9 Å². The Morgan fingerprint density at radius 2 is 0.982 bits per heavy atom. The lowest BCUT2D eigenvalue weighted by Crippen LogP contribution is -2.37. The van der Waals surface area contributed by atoms with Crippen LogP contribution in [0.3, 0.4) is 0 Å². The van der Waals surface area contributed by atoms with Gasteiger partial charge in [0.05, 0.1) is 27.7 Å². The summed E-state index contributed by atoms with van der Waals surface area (Å²) in [6.07, 6.45) is 41.8. The lowest BCUT2D eigenvalue weighted by molar-refractivity contribution is -0.870. The molecule has 0 radical (unpaired) electrons. The highest BCUT2D eigenvalue weighted by Crippen LogP contribution is 2.43. The Morgan fingerprint density at radius 3 is 1.49 bits per heavy atom. The van der Waals surface area contributed by atoms with Crippen molar-refractivity contribution >= 4 is 19.8 Å². The first kappa shape index (κ1) is 53.2. The molecule has 1 N–H and O–H groups in total. The highest BCUT2D eigenvalue weighted by molar-refractivity contribution is 7.47. The number of rotatable bonds is 40. The van der Waals surface area contributed by atoms with E-state index in [0.717, 1.165) is 77.0 Å². The van der Waals surface area contributed by atoms with Crippen LogP contribution < -0.4 is 0 Å². The molecule has 0 fully saturated rings. The Morgan fingerprint density at radius 1 is 0.564 bits per heavy atom. The van der Waals surface area contributed by atoms with Gasteiger partial charge in [0.15, 0.2) is 6.10 Å². The molecular weight excluding hydrogens is 713 g/mol. The molecule has 0 saturated heterocycles. The monoisotopic (exact) mass is 799 g/mol. The predicted octanol–water partition coefficient (Wildman–Crippen LogP) is 12.5. The third kappa shape index (κ3) is 41.7. The van der Waals surface area contributed by atoms with Crippen molar-refractivity contribution in [2.45, 2.75) is 193 Å². The third-order valence-corrected chi connectivity index (χ3v) is 10.4. The molecule has 0 aliphatic heterocycles. The van der Waals surface area contributed by atoms with Gasteiger partial charge in [0.1, 0.15) is 19.8 Å². The summed E-state index contributed by atoms with van der Waals surface area (Å²) in [6.45, 7) is 4.37. The minimum atomic E-state index is -4.38. The van der Waals surface area contributed by atoms with E-state index in [4.69, 9.17) is 18.5 Å². The number of carbonyl (C=O) groups excluding carboxylic acids is 2. The Kier molecular flexibility index (Phi) is 36.6. The molecule has 0 aliphatic rings. The molecule has 10 heteroatoms. The van der Waals surface area contributed by atoms with Crippen LogP contribution in [0.25, 0.3) is 0 Å². The van der Waals surface area contributed by atoms with Crippen molar-refractivity contribution in [3.63, 3.8) is 0 Å². The maximum absolute atomic E-state index is 12.7. The summed E-state index contributed by atoms with van der Waals surface area (Å²) < 4.78 is 34.3. The van der Waals surface area contributed by atoms with Gasteiger partial charge in [-0.1, -0.05) is 140 Å². The Balaban J connectivity index is 4.39. The first-order valence-electron chi connectivity index (χ1n) is 22.2. The molecule has 0 aliphatic carbocycles. The molecule has 0 aromatic carbocycles. The fraction of sp³-hybridized carbons (Fsp3) is 0.822. The second-order valence-corrected chi connectivity index (χ2v) is 17.5. The number of ether oxygens (including phenoxy) is 2. The van der Waals surface area contributed by atoms with Crippen LogP contribution in [0.5, 0.6) is 0 Å². The van der Waals surface area contributed by atoms with E-state index in [0.29, 0.717) is 17.4 Å². The summed E-state index contributed by atoms with van der Waals surface area (Å²) in [4.78, 5) is 35.3. The van der Waals surface area contributed by atoms with Crippen molar-refractivity contribution in [3.05, 3.63) is 36.5 Å². The third-order valence-electron chi connectivity index (χ3n) is 9.39. The quantitative estimate of drug-likeness (QED) is 0.0215. The van der Waals surface area contributed by atoms with E-state index >= 15 is 0 Å². The van der Waals surface area contributed by atoms with Crippen molar-refractivity contribution in [3.8, 4) is 0 Å². The fourth-order valence-electron chi connectivity index (χ4n) is 5.86. The van der Waals surface area contributed by atoms with Gasteiger partial charge < -0.3 is 18.9 Å². The summed E-state index contributed by atoms with van der Waals surface area (Å²) in [6, 6.07) is 0.